The second kappa shape index (κ2) is 3.89. The quantitative estimate of drug-likeness (QED) is 0.820. The monoisotopic (exact) mass is 235 g/mol. The Balaban J connectivity index is 1.97. The summed E-state index contributed by atoms with van der Waals surface area (Å²) in [5, 5.41) is 10.6. The van der Waals surface area contributed by atoms with Crippen molar-refractivity contribution in [3.63, 3.8) is 0 Å². The standard InChI is InChI=1S/C13H17NO3/c14-8-13(15,9-1-2-9)10-3-4-11-12(7-10)17-6-5-16-11/h3-4,7,9,15H,1-2,5-6,8,14H2. The molecule has 3 rings (SSSR count). The Kier molecular flexibility index (Phi) is 2.49. The highest BCUT2D eigenvalue weighted by atomic mass is 16.6. The molecule has 1 heterocycles. The number of nitrogens with two attached hydrogens (primary N) is 1. The van der Waals surface area contributed by atoms with Gasteiger partial charge in [-0.3, -0.25) is 0 Å². The van der Waals surface area contributed by atoms with Gasteiger partial charge in [-0.2, -0.15) is 0 Å². The predicted molar refractivity (Wildman–Crippen MR) is 63.1 cm³/mol. The molecule has 0 saturated heterocycles. The summed E-state index contributed by atoms with van der Waals surface area (Å²) in [5.74, 6) is 1.74. The first-order chi connectivity index (χ1) is 8.24. The zero-order valence-corrected chi connectivity index (χ0v) is 9.69. The average molecular weight is 235 g/mol. The number of ether oxygens (including phenoxy) is 2. The van der Waals surface area contributed by atoms with Crippen LogP contribution in [0.2, 0.25) is 0 Å². The van der Waals surface area contributed by atoms with E-state index in [0.717, 1.165) is 24.2 Å². The van der Waals surface area contributed by atoms with Crippen LogP contribution < -0.4 is 15.2 Å². The fourth-order valence-electron chi connectivity index (χ4n) is 2.39. The van der Waals surface area contributed by atoms with E-state index < -0.39 is 5.60 Å². The van der Waals surface area contributed by atoms with Crippen LogP contribution in [0.15, 0.2) is 18.2 Å². The lowest BCUT2D eigenvalue weighted by atomic mass is 9.88. The van der Waals surface area contributed by atoms with Gasteiger partial charge in [-0.1, -0.05) is 6.07 Å². The first-order valence-corrected chi connectivity index (χ1v) is 6.06. The number of rotatable bonds is 3. The highest BCUT2D eigenvalue weighted by Crippen LogP contribution is 2.46. The van der Waals surface area contributed by atoms with Gasteiger partial charge in [-0.05, 0) is 36.5 Å². The van der Waals surface area contributed by atoms with E-state index in [9.17, 15) is 5.11 Å². The van der Waals surface area contributed by atoms with Gasteiger partial charge in [0.25, 0.3) is 0 Å². The largest absolute Gasteiger partial charge is 0.486 e. The molecule has 17 heavy (non-hydrogen) atoms. The van der Waals surface area contributed by atoms with Crippen LogP contribution in [0.5, 0.6) is 11.5 Å². The van der Waals surface area contributed by atoms with E-state index in [4.69, 9.17) is 15.2 Å². The SMILES string of the molecule is NCC(O)(c1ccc2c(c1)OCCO2)C1CC1. The van der Waals surface area contributed by atoms with Crippen molar-refractivity contribution in [1.29, 1.82) is 0 Å². The minimum Gasteiger partial charge on any atom is -0.486 e. The summed E-state index contributed by atoms with van der Waals surface area (Å²) in [7, 11) is 0. The Morgan fingerprint density at radius 1 is 1.24 bits per heavy atom. The molecule has 0 bridgehead atoms. The third-order valence-electron chi connectivity index (χ3n) is 3.61. The third-order valence-corrected chi connectivity index (χ3v) is 3.61. The zero-order chi connectivity index (χ0) is 11.9. The molecule has 0 amide bonds. The van der Waals surface area contributed by atoms with E-state index in [0.29, 0.717) is 19.0 Å². The van der Waals surface area contributed by atoms with Gasteiger partial charge in [-0.15, -0.1) is 0 Å². The molecular weight excluding hydrogens is 218 g/mol. The first-order valence-electron chi connectivity index (χ1n) is 6.06. The Morgan fingerprint density at radius 3 is 2.59 bits per heavy atom. The Hall–Kier alpha value is -1.26. The van der Waals surface area contributed by atoms with Crippen molar-refractivity contribution in [3.05, 3.63) is 23.8 Å². The van der Waals surface area contributed by atoms with Crippen LogP contribution >= 0.6 is 0 Å². The van der Waals surface area contributed by atoms with Crippen molar-refractivity contribution in [2.24, 2.45) is 11.7 Å². The number of hydrogen-bond donors (Lipinski definition) is 2. The molecule has 1 saturated carbocycles. The molecule has 4 nitrogen and oxygen atoms in total. The highest BCUT2D eigenvalue weighted by Gasteiger charge is 2.44. The van der Waals surface area contributed by atoms with Crippen LogP contribution in [0.3, 0.4) is 0 Å². The van der Waals surface area contributed by atoms with Crippen molar-refractivity contribution in [2.75, 3.05) is 19.8 Å². The molecule has 4 heteroatoms. The second-order valence-electron chi connectivity index (χ2n) is 4.76. The normalized spacial score (nSPS) is 22.0. The van der Waals surface area contributed by atoms with Crippen LogP contribution in [0.1, 0.15) is 18.4 Å². The van der Waals surface area contributed by atoms with Gasteiger partial charge in [0.15, 0.2) is 11.5 Å². The lowest BCUT2D eigenvalue weighted by molar-refractivity contribution is 0.0217. The minimum absolute atomic E-state index is 0.247. The third kappa shape index (κ3) is 1.77. The van der Waals surface area contributed by atoms with Gasteiger partial charge in [-0.25, -0.2) is 0 Å². The van der Waals surface area contributed by atoms with Gasteiger partial charge in [0.1, 0.15) is 18.8 Å². The van der Waals surface area contributed by atoms with E-state index >= 15 is 0 Å². The summed E-state index contributed by atoms with van der Waals surface area (Å²) >= 11 is 0. The maximum atomic E-state index is 10.6. The molecule has 92 valence electrons. The molecule has 0 aromatic heterocycles. The molecule has 2 aliphatic rings. The molecule has 1 aliphatic heterocycles. The fraction of sp³-hybridized carbons (Fsp3) is 0.538. The van der Waals surface area contributed by atoms with Crippen molar-refractivity contribution in [3.8, 4) is 11.5 Å². The molecule has 1 aromatic rings. The van der Waals surface area contributed by atoms with Crippen LogP contribution in [0.4, 0.5) is 0 Å². The summed E-state index contributed by atoms with van der Waals surface area (Å²) in [5.41, 5.74) is 5.67. The lowest BCUT2D eigenvalue weighted by Crippen LogP contribution is -2.37. The average Bonchev–Trinajstić information content (AvgIpc) is 3.22. The molecular formula is C13H17NO3. The molecule has 0 radical (unpaired) electrons. The van der Waals surface area contributed by atoms with Crippen molar-refractivity contribution in [1.82, 2.24) is 0 Å². The molecule has 1 aliphatic carbocycles. The van der Waals surface area contributed by atoms with E-state index in [1.807, 2.05) is 18.2 Å². The maximum Gasteiger partial charge on any atom is 0.161 e. The van der Waals surface area contributed by atoms with Gasteiger partial charge in [0, 0.05) is 6.54 Å². The summed E-state index contributed by atoms with van der Waals surface area (Å²) in [6.07, 6.45) is 2.09. The van der Waals surface area contributed by atoms with Gasteiger partial charge < -0.3 is 20.3 Å². The smallest absolute Gasteiger partial charge is 0.161 e. The van der Waals surface area contributed by atoms with E-state index in [2.05, 4.69) is 0 Å². The van der Waals surface area contributed by atoms with Crippen LogP contribution in [-0.4, -0.2) is 24.9 Å². The topological polar surface area (TPSA) is 64.7 Å². The molecule has 0 spiro atoms. The number of aliphatic hydroxyl groups is 1. The second-order valence-corrected chi connectivity index (χ2v) is 4.76. The Morgan fingerprint density at radius 2 is 1.94 bits per heavy atom. The Bertz CT molecular complexity index is 431. The number of fused-ring (bicyclic) bond motifs is 1. The van der Waals surface area contributed by atoms with Crippen LogP contribution in [0.25, 0.3) is 0 Å². The van der Waals surface area contributed by atoms with Crippen molar-refractivity contribution >= 4 is 0 Å². The fourth-order valence-corrected chi connectivity index (χ4v) is 2.39. The first kappa shape index (κ1) is 10.9. The van der Waals surface area contributed by atoms with Gasteiger partial charge in [0.2, 0.25) is 0 Å². The Labute approximate surface area is 100 Å². The minimum atomic E-state index is -0.907. The van der Waals surface area contributed by atoms with Crippen molar-refractivity contribution in [2.45, 2.75) is 18.4 Å². The lowest BCUT2D eigenvalue weighted by Gasteiger charge is -2.28. The van der Waals surface area contributed by atoms with Gasteiger partial charge >= 0.3 is 0 Å². The molecule has 1 fully saturated rings. The molecule has 3 N–H and O–H groups in total. The molecule has 1 aromatic carbocycles. The summed E-state index contributed by atoms with van der Waals surface area (Å²) in [4.78, 5) is 0. The zero-order valence-electron chi connectivity index (χ0n) is 9.69. The van der Waals surface area contributed by atoms with Gasteiger partial charge in [0.05, 0.1) is 0 Å². The highest BCUT2D eigenvalue weighted by molar-refractivity contribution is 5.46. The molecule has 1 unspecified atom stereocenters. The van der Waals surface area contributed by atoms with E-state index in [1.165, 1.54) is 0 Å². The predicted octanol–water partition coefficient (Wildman–Crippen LogP) is 1.01. The maximum absolute atomic E-state index is 10.6. The summed E-state index contributed by atoms with van der Waals surface area (Å²) in [6, 6.07) is 5.60. The summed E-state index contributed by atoms with van der Waals surface area (Å²) < 4.78 is 11.0. The van der Waals surface area contributed by atoms with E-state index in [-0.39, 0.29) is 12.5 Å². The van der Waals surface area contributed by atoms with Crippen LogP contribution in [-0.2, 0) is 5.60 Å². The number of benzene rings is 1. The summed E-state index contributed by atoms with van der Waals surface area (Å²) in [6.45, 7) is 1.38. The van der Waals surface area contributed by atoms with Crippen LogP contribution in [0, 0.1) is 5.92 Å². The number of hydrogen-bond acceptors (Lipinski definition) is 4. The van der Waals surface area contributed by atoms with Crippen molar-refractivity contribution < 1.29 is 14.6 Å². The van der Waals surface area contributed by atoms with E-state index in [1.54, 1.807) is 0 Å². The molecule has 1 atom stereocenters.